The molecule has 1 N–H and O–H groups in total. The summed E-state index contributed by atoms with van der Waals surface area (Å²) >= 11 is 0. The summed E-state index contributed by atoms with van der Waals surface area (Å²) in [4.78, 5) is 8.42. The van der Waals surface area contributed by atoms with E-state index in [1.165, 1.54) is 12.8 Å². The van der Waals surface area contributed by atoms with Gasteiger partial charge >= 0.3 is 0 Å². The molecule has 0 bridgehead atoms. The van der Waals surface area contributed by atoms with E-state index in [9.17, 15) is 0 Å². The molecule has 0 spiro atoms. The quantitative estimate of drug-likeness (QED) is 0.801. The number of nitrogens with one attached hydrogen (secondary N) is 1. The van der Waals surface area contributed by atoms with Gasteiger partial charge in [-0.05, 0) is 32.1 Å². The van der Waals surface area contributed by atoms with E-state index in [4.69, 9.17) is 0 Å². The fourth-order valence-electron chi connectivity index (χ4n) is 1.58. The Kier molecular flexibility index (Phi) is 5.23. The Bertz CT molecular complexity index is 310. The monoisotopic (exact) mass is 221 g/mol. The molecule has 0 amide bonds. The van der Waals surface area contributed by atoms with Gasteiger partial charge in [0.1, 0.15) is 12.1 Å². The molecule has 0 aromatic carbocycles. The van der Waals surface area contributed by atoms with Gasteiger partial charge < -0.3 is 5.32 Å². The van der Waals surface area contributed by atoms with Crippen LogP contribution in [0.25, 0.3) is 0 Å². The van der Waals surface area contributed by atoms with Crippen molar-refractivity contribution in [1.29, 1.82) is 0 Å². The fourth-order valence-corrected chi connectivity index (χ4v) is 1.58. The van der Waals surface area contributed by atoms with Crippen LogP contribution in [0.5, 0.6) is 0 Å². The van der Waals surface area contributed by atoms with Crippen LogP contribution in [0, 0.1) is 5.92 Å². The van der Waals surface area contributed by atoms with Gasteiger partial charge in [-0.15, -0.1) is 0 Å². The van der Waals surface area contributed by atoms with Gasteiger partial charge in [-0.25, -0.2) is 9.97 Å². The summed E-state index contributed by atoms with van der Waals surface area (Å²) in [5.41, 5.74) is 1.09. The van der Waals surface area contributed by atoms with Gasteiger partial charge in [0.2, 0.25) is 0 Å². The molecule has 3 heteroatoms. The van der Waals surface area contributed by atoms with Crippen molar-refractivity contribution in [3.63, 3.8) is 0 Å². The van der Waals surface area contributed by atoms with Crippen molar-refractivity contribution in [2.24, 2.45) is 5.92 Å². The van der Waals surface area contributed by atoms with Gasteiger partial charge in [0.15, 0.2) is 0 Å². The highest BCUT2D eigenvalue weighted by Crippen LogP contribution is 2.11. The van der Waals surface area contributed by atoms with E-state index in [0.717, 1.165) is 23.9 Å². The largest absolute Gasteiger partial charge is 0.368 e. The van der Waals surface area contributed by atoms with Gasteiger partial charge in [0.25, 0.3) is 0 Å². The van der Waals surface area contributed by atoms with E-state index in [2.05, 4.69) is 43.0 Å². The zero-order valence-electron chi connectivity index (χ0n) is 10.8. The molecule has 0 saturated heterocycles. The summed E-state index contributed by atoms with van der Waals surface area (Å²) in [6, 6.07) is 2.51. The first-order valence-corrected chi connectivity index (χ1v) is 6.19. The molecule has 1 aromatic rings. The second-order valence-corrected chi connectivity index (χ2v) is 4.76. The topological polar surface area (TPSA) is 37.8 Å². The molecule has 1 unspecified atom stereocenters. The number of aryl methyl sites for hydroxylation is 1. The summed E-state index contributed by atoms with van der Waals surface area (Å²) < 4.78 is 0. The molecule has 0 radical (unpaired) electrons. The molecule has 1 atom stereocenters. The number of hydrogen-bond donors (Lipinski definition) is 1. The average Bonchev–Trinajstić information content (AvgIpc) is 2.26. The van der Waals surface area contributed by atoms with E-state index in [-0.39, 0.29) is 0 Å². The van der Waals surface area contributed by atoms with Crippen LogP contribution < -0.4 is 5.32 Å². The van der Waals surface area contributed by atoms with Crippen molar-refractivity contribution in [1.82, 2.24) is 9.97 Å². The van der Waals surface area contributed by atoms with Gasteiger partial charge in [0.05, 0.1) is 0 Å². The molecule has 0 aliphatic rings. The summed E-state index contributed by atoms with van der Waals surface area (Å²) in [6.07, 6.45) is 5.02. The van der Waals surface area contributed by atoms with Gasteiger partial charge in [0, 0.05) is 17.8 Å². The maximum Gasteiger partial charge on any atom is 0.129 e. The lowest BCUT2D eigenvalue weighted by Gasteiger charge is -2.15. The maximum atomic E-state index is 4.23. The Balaban J connectivity index is 2.45. The minimum absolute atomic E-state index is 0.474. The molecule has 0 aliphatic heterocycles. The molecule has 1 aromatic heterocycles. The van der Waals surface area contributed by atoms with E-state index in [1.807, 2.05) is 6.07 Å². The molecule has 3 nitrogen and oxygen atoms in total. The van der Waals surface area contributed by atoms with E-state index in [1.54, 1.807) is 6.33 Å². The Morgan fingerprint density at radius 1 is 1.19 bits per heavy atom. The molecule has 0 aliphatic carbocycles. The zero-order valence-corrected chi connectivity index (χ0v) is 10.8. The summed E-state index contributed by atoms with van der Waals surface area (Å²) in [7, 11) is 0. The molecule has 0 saturated carbocycles. The normalized spacial score (nSPS) is 12.8. The van der Waals surface area contributed by atoms with Crippen molar-refractivity contribution < 1.29 is 0 Å². The summed E-state index contributed by atoms with van der Waals surface area (Å²) in [5.74, 6) is 1.71. The number of nitrogens with zero attached hydrogens (tertiary/aromatic N) is 2. The molecule has 1 rings (SSSR count). The Morgan fingerprint density at radius 2 is 1.94 bits per heavy atom. The third-order valence-electron chi connectivity index (χ3n) is 2.66. The maximum absolute atomic E-state index is 4.23. The lowest BCUT2D eigenvalue weighted by Crippen LogP contribution is -2.17. The lowest BCUT2D eigenvalue weighted by atomic mass is 10.0. The lowest BCUT2D eigenvalue weighted by molar-refractivity contribution is 0.527. The van der Waals surface area contributed by atoms with Crippen molar-refractivity contribution in [2.45, 2.75) is 53.0 Å². The number of anilines is 1. The third kappa shape index (κ3) is 4.60. The summed E-state index contributed by atoms with van der Waals surface area (Å²) in [5, 5.41) is 3.42. The first-order chi connectivity index (χ1) is 7.61. The molecule has 90 valence electrons. The van der Waals surface area contributed by atoms with Crippen molar-refractivity contribution >= 4 is 5.82 Å². The molecule has 1 heterocycles. The second-order valence-electron chi connectivity index (χ2n) is 4.76. The predicted octanol–water partition coefficient (Wildman–Crippen LogP) is 3.28. The first-order valence-electron chi connectivity index (χ1n) is 6.19. The molecule has 0 fully saturated rings. The predicted molar refractivity (Wildman–Crippen MR) is 68.6 cm³/mol. The number of aromatic nitrogens is 2. The van der Waals surface area contributed by atoms with E-state index >= 15 is 0 Å². The summed E-state index contributed by atoms with van der Waals surface area (Å²) in [6.45, 7) is 8.82. The van der Waals surface area contributed by atoms with Crippen molar-refractivity contribution in [3.8, 4) is 0 Å². The van der Waals surface area contributed by atoms with Gasteiger partial charge in [-0.2, -0.15) is 0 Å². The molecular formula is C13H23N3. The Labute approximate surface area is 98.7 Å². The molecule has 16 heavy (non-hydrogen) atoms. The van der Waals surface area contributed by atoms with Crippen LogP contribution >= 0.6 is 0 Å². The van der Waals surface area contributed by atoms with Crippen LogP contribution in [0.4, 0.5) is 5.82 Å². The minimum atomic E-state index is 0.474. The Morgan fingerprint density at radius 3 is 2.56 bits per heavy atom. The number of rotatable bonds is 6. The fraction of sp³-hybridized carbons (Fsp3) is 0.692. The first kappa shape index (κ1) is 12.9. The van der Waals surface area contributed by atoms with E-state index in [0.29, 0.717) is 6.04 Å². The third-order valence-corrected chi connectivity index (χ3v) is 2.66. The standard InChI is InChI=1S/C13H23N3/c1-5-12-8-13(15-9-14-12)16-11(4)7-6-10(2)3/h8-11H,5-7H2,1-4H3,(H,14,15,16). The zero-order chi connectivity index (χ0) is 12.0. The molecular weight excluding hydrogens is 198 g/mol. The van der Waals surface area contributed by atoms with Crippen LogP contribution in [0.15, 0.2) is 12.4 Å². The SMILES string of the molecule is CCc1cc(NC(C)CCC(C)C)ncn1. The Hall–Kier alpha value is -1.12. The van der Waals surface area contributed by atoms with Crippen LogP contribution in [0.2, 0.25) is 0 Å². The highest BCUT2D eigenvalue weighted by molar-refractivity contribution is 5.35. The second kappa shape index (κ2) is 6.46. The highest BCUT2D eigenvalue weighted by atomic mass is 15.0. The van der Waals surface area contributed by atoms with E-state index < -0.39 is 0 Å². The smallest absolute Gasteiger partial charge is 0.129 e. The minimum Gasteiger partial charge on any atom is -0.368 e. The highest BCUT2D eigenvalue weighted by Gasteiger charge is 2.05. The van der Waals surface area contributed by atoms with Crippen LogP contribution in [0.1, 0.15) is 46.2 Å². The van der Waals surface area contributed by atoms with Crippen LogP contribution in [0.3, 0.4) is 0 Å². The van der Waals surface area contributed by atoms with Crippen molar-refractivity contribution in [3.05, 3.63) is 18.1 Å². The number of hydrogen-bond acceptors (Lipinski definition) is 3. The van der Waals surface area contributed by atoms with Crippen molar-refractivity contribution in [2.75, 3.05) is 5.32 Å². The van der Waals surface area contributed by atoms with Crippen LogP contribution in [-0.2, 0) is 6.42 Å². The average molecular weight is 221 g/mol. The van der Waals surface area contributed by atoms with Gasteiger partial charge in [-0.3, -0.25) is 0 Å². The van der Waals surface area contributed by atoms with Crippen LogP contribution in [-0.4, -0.2) is 16.0 Å². The van der Waals surface area contributed by atoms with Gasteiger partial charge in [-0.1, -0.05) is 20.8 Å².